The first-order valence-electron chi connectivity index (χ1n) is 18.3. The number of rotatable bonds is 7. The Labute approximate surface area is 347 Å². The number of ether oxygens (including phenoxy) is 2. The monoisotopic (exact) mass is 873 g/mol. The van der Waals surface area contributed by atoms with Crippen molar-refractivity contribution < 1.29 is 60.1 Å². The molecule has 0 radical (unpaired) electrons. The topological polar surface area (TPSA) is 125 Å². The number of anilines is 2. The van der Waals surface area contributed by atoms with Crippen LogP contribution in [0, 0.1) is 23.7 Å². The van der Waals surface area contributed by atoms with E-state index in [1.54, 1.807) is 30.3 Å². The van der Waals surface area contributed by atoms with Gasteiger partial charge in [0.25, 0.3) is 11.8 Å². The van der Waals surface area contributed by atoms with E-state index in [4.69, 9.17) is 32.7 Å². The molecule has 60 heavy (non-hydrogen) atoms. The molecule has 4 amide bonds. The number of aromatic hydroxyl groups is 1. The third-order valence-corrected chi connectivity index (χ3v) is 12.5. The number of fused-ring (bicyclic) bond motifs is 4. The molecule has 0 aromatic heterocycles. The smallest absolute Gasteiger partial charge is 0.416 e. The zero-order chi connectivity index (χ0) is 43.2. The molecule has 18 heteroatoms. The fraction of sp³-hybridized carbons (Fsp3) is 0.286. The number of alkyl halides is 6. The SMILES string of the molecule is COc1ccc([C@@]23C(=O)N(Nc4ccc(Cl)cc4Cl)C(=O)[C@@H]2C[C@@H]2C(=CC[C@@H]4C(=O)N(c5cc(C(F)(F)F)cc(C(F)(F)F)c5)C(=O)[C@@H]42)[C@@H]3c2ccc(O)c(OC)c2)cc1. The highest BCUT2D eigenvalue weighted by molar-refractivity contribution is 6.36. The molecule has 4 aromatic carbocycles. The number of carbonyl (C=O) groups excluding carboxylic acids is 4. The highest BCUT2D eigenvalue weighted by atomic mass is 35.5. The van der Waals surface area contributed by atoms with Gasteiger partial charge < -0.3 is 14.6 Å². The first-order chi connectivity index (χ1) is 28.3. The van der Waals surface area contributed by atoms with Crippen molar-refractivity contribution in [2.45, 2.75) is 36.5 Å². The molecule has 2 aliphatic heterocycles. The van der Waals surface area contributed by atoms with Crippen molar-refractivity contribution in [3.63, 3.8) is 0 Å². The van der Waals surface area contributed by atoms with Crippen LogP contribution in [0.1, 0.15) is 41.0 Å². The number of nitrogens with zero attached hydrogens (tertiary/aromatic N) is 2. The molecule has 312 valence electrons. The van der Waals surface area contributed by atoms with E-state index in [9.17, 15) is 45.8 Å². The van der Waals surface area contributed by atoms with Crippen LogP contribution in [0.15, 0.2) is 90.5 Å². The average molecular weight is 875 g/mol. The molecule has 4 aliphatic rings. The summed E-state index contributed by atoms with van der Waals surface area (Å²) in [5.74, 6) is -9.55. The number of benzene rings is 4. The number of allylic oxidation sites excluding steroid dienone is 2. The molecule has 0 bridgehead atoms. The molecule has 10 nitrogen and oxygen atoms in total. The van der Waals surface area contributed by atoms with Gasteiger partial charge in [0, 0.05) is 10.9 Å². The van der Waals surface area contributed by atoms with Crippen LogP contribution >= 0.6 is 23.2 Å². The molecule has 2 saturated heterocycles. The molecule has 4 aromatic rings. The van der Waals surface area contributed by atoms with Crippen LogP contribution < -0.4 is 19.8 Å². The van der Waals surface area contributed by atoms with Gasteiger partial charge in [0.05, 0.1) is 64.9 Å². The summed E-state index contributed by atoms with van der Waals surface area (Å²) in [6, 6.07) is 15.6. The molecule has 2 aliphatic carbocycles. The van der Waals surface area contributed by atoms with Crippen molar-refractivity contribution in [3.8, 4) is 17.2 Å². The first kappa shape index (κ1) is 41.0. The average Bonchev–Trinajstić information content (AvgIpc) is 3.58. The summed E-state index contributed by atoms with van der Waals surface area (Å²) in [7, 11) is 2.74. The molecular weight excluding hydrogens is 843 g/mol. The molecule has 1 saturated carbocycles. The number of nitrogens with one attached hydrogen (secondary N) is 1. The lowest BCUT2D eigenvalue weighted by molar-refractivity contribution is -0.143. The summed E-state index contributed by atoms with van der Waals surface area (Å²) in [5, 5.41) is 11.8. The lowest BCUT2D eigenvalue weighted by Gasteiger charge is -2.50. The third-order valence-electron chi connectivity index (χ3n) is 11.9. The highest BCUT2D eigenvalue weighted by Crippen LogP contribution is 2.64. The quantitative estimate of drug-likeness (QED) is 0.107. The summed E-state index contributed by atoms with van der Waals surface area (Å²) in [6.07, 6.45) is -9.33. The summed E-state index contributed by atoms with van der Waals surface area (Å²) in [4.78, 5) is 59.4. The van der Waals surface area contributed by atoms with Gasteiger partial charge in [-0.15, -0.1) is 0 Å². The largest absolute Gasteiger partial charge is 0.504 e. The Morgan fingerprint density at radius 1 is 0.783 bits per heavy atom. The molecule has 2 heterocycles. The van der Waals surface area contributed by atoms with E-state index in [0.717, 1.165) is 5.01 Å². The minimum atomic E-state index is -5.26. The number of hydrogen-bond acceptors (Lipinski definition) is 8. The van der Waals surface area contributed by atoms with Gasteiger partial charge >= 0.3 is 12.4 Å². The zero-order valence-corrected chi connectivity index (χ0v) is 32.7. The van der Waals surface area contributed by atoms with Crippen LogP contribution in [0.5, 0.6) is 17.2 Å². The zero-order valence-electron chi connectivity index (χ0n) is 31.2. The maximum absolute atomic E-state index is 15.4. The van der Waals surface area contributed by atoms with Gasteiger partial charge in [-0.2, -0.15) is 31.4 Å². The summed E-state index contributed by atoms with van der Waals surface area (Å²) < 4.78 is 94.6. The number of hydrogen-bond donors (Lipinski definition) is 2. The summed E-state index contributed by atoms with van der Waals surface area (Å²) >= 11 is 12.6. The van der Waals surface area contributed by atoms with Crippen molar-refractivity contribution in [2.24, 2.45) is 23.7 Å². The number of imide groups is 2. The first-order valence-corrected chi connectivity index (χ1v) is 19.1. The van der Waals surface area contributed by atoms with E-state index in [2.05, 4.69) is 5.43 Å². The van der Waals surface area contributed by atoms with E-state index >= 15 is 4.79 Å². The van der Waals surface area contributed by atoms with Gasteiger partial charge in [-0.3, -0.25) is 24.6 Å². The Hall–Kier alpha value is -5.74. The van der Waals surface area contributed by atoms with E-state index in [1.807, 2.05) is 0 Å². The second-order valence-electron chi connectivity index (χ2n) is 14.9. The molecule has 6 atom stereocenters. The van der Waals surface area contributed by atoms with Crippen molar-refractivity contribution in [3.05, 3.63) is 123 Å². The fourth-order valence-corrected chi connectivity index (χ4v) is 9.87. The van der Waals surface area contributed by atoms with E-state index in [-0.39, 0.29) is 46.1 Å². The predicted octanol–water partition coefficient (Wildman–Crippen LogP) is 8.94. The van der Waals surface area contributed by atoms with Crippen LogP contribution in [0.3, 0.4) is 0 Å². The number of carbonyl (C=O) groups is 4. The Morgan fingerprint density at radius 2 is 1.45 bits per heavy atom. The standard InChI is InChI=1S/C42H31Cl2F6N3O7/c1-59-25-7-4-20(5-8-25)40-29(37(56)53(39(40)58)51-31-11-6-23(43)17-30(31)44)18-28-26(35(40)19-3-12-32(54)33(13-19)60-2)9-10-27-34(28)38(57)52(36(27)55)24-15-21(41(45,46)47)14-22(16-24)42(48,49)50/h3-9,11-17,27-29,34-35,51,54H,10,18H2,1-2H3/t27-,28+,29-,34-,35-,40+/m0/s1. The Kier molecular flexibility index (Phi) is 9.89. The number of phenols is 1. The minimum absolute atomic E-state index is 0.00616. The van der Waals surface area contributed by atoms with Crippen molar-refractivity contribution in [1.29, 1.82) is 0 Å². The van der Waals surface area contributed by atoms with Crippen LogP contribution in [-0.4, -0.2) is 48.0 Å². The van der Waals surface area contributed by atoms with Crippen molar-refractivity contribution >= 4 is 58.2 Å². The maximum Gasteiger partial charge on any atom is 0.416 e. The number of methoxy groups -OCH3 is 2. The summed E-state index contributed by atoms with van der Waals surface area (Å²) in [6.45, 7) is 0. The maximum atomic E-state index is 15.4. The third kappa shape index (κ3) is 6.33. The molecule has 0 spiro atoms. The normalized spacial score (nSPS) is 25.2. The van der Waals surface area contributed by atoms with Gasteiger partial charge in [0.15, 0.2) is 11.5 Å². The number of amides is 4. The summed E-state index contributed by atoms with van der Waals surface area (Å²) in [5.41, 5.74) is -2.08. The van der Waals surface area contributed by atoms with Gasteiger partial charge in [0.1, 0.15) is 5.75 Å². The number of phenolic OH excluding ortho intramolecular Hbond substituents is 1. The van der Waals surface area contributed by atoms with E-state index < -0.39 is 87.8 Å². The predicted molar refractivity (Wildman–Crippen MR) is 204 cm³/mol. The Balaban J connectivity index is 1.32. The minimum Gasteiger partial charge on any atom is -0.504 e. The van der Waals surface area contributed by atoms with Gasteiger partial charge in [-0.05, 0) is 90.6 Å². The van der Waals surface area contributed by atoms with Crippen LogP contribution in [0.2, 0.25) is 10.0 Å². The Bertz CT molecular complexity index is 2480. The van der Waals surface area contributed by atoms with Gasteiger partial charge in [0.2, 0.25) is 11.8 Å². The molecule has 8 rings (SSSR count). The van der Waals surface area contributed by atoms with Gasteiger partial charge in [-0.1, -0.05) is 53.1 Å². The lowest BCUT2D eigenvalue weighted by Crippen LogP contribution is -2.53. The number of hydrazine groups is 1. The lowest BCUT2D eigenvalue weighted by atomic mass is 9.49. The van der Waals surface area contributed by atoms with Crippen molar-refractivity contribution in [1.82, 2.24) is 5.01 Å². The van der Waals surface area contributed by atoms with Crippen LogP contribution in [0.4, 0.5) is 37.7 Å². The number of halogens is 8. The van der Waals surface area contributed by atoms with Crippen LogP contribution in [0.25, 0.3) is 0 Å². The second-order valence-corrected chi connectivity index (χ2v) is 15.8. The molecular formula is C42H31Cl2F6N3O7. The van der Waals surface area contributed by atoms with Gasteiger partial charge in [-0.25, -0.2) is 4.90 Å². The van der Waals surface area contributed by atoms with E-state index in [0.29, 0.717) is 39.5 Å². The second kappa shape index (κ2) is 14.5. The van der Waals surface area contributed by atoms with E-state index in [1.165, 1.54) is 50.6 Å². The van der Waals surface area contributed by atoms with Crippen LogP contribution in [-0.2, 0) is 36.9 Å². The highest BCUT2D eigenvalue weighted by Gasteiger charge is 2.70. The van der Waals surface area contributed by atoms with Crippen molar-refractivity contribution in [2.75, 3.05) is 24.5 Å². The fourth-order valence-electron chi connectivity index (χ4n) is 9.41. The molecule has 3 fully saturated rings. The molecule has 0 unspecified atom stereocenters. The Morgan fingerprint density at radius 3 is 2.05 bits per heavy atom. The molecule has 2 N–H and O–H groups in total.